The molecule has 2 N–H and O–H groups in total. The number of anilines is 1. The monoisotopic (exact) mass is 268 g/mol. The van der Waals surface area contributed by atoms with Crippen molar-refractivity contribution >= 4 is 11.6 Å². The molecule has 0 atom stereocenters. The van der Waals surface area contributed by atoms with E-state index in [0.717, 1.165) is 17.8 Å². The number of carbonyl (C=O) groups is 1. The maximum atomic E-state index is 11.5. The Morgan fingerprint density at radius 3 is 2.40 bits per heavy atom. The van der Waals surface area contributed by atoms with Gasteiger partial charge in [-0.15, -0.1) is 0 Å². The Labute approximate surface area is 120 Å². The van der Waals surface area contributed by atoms with Crippen molar-refractivity contribution in [1.29, 1.82) is 0 Å². The molecule has 0 spiro atoms. The third-order valence-electron chi connectivity index (χ3n) is 3.32. The number of amides is 1. The van der Waals surface area contributed by atoms with Crippen LogP contribution in [0, 0.1) is 13.8 Å². The van der Waals surface area contributed by atoms with Gasteiger partial charge < -0.3 is 10.6 Å². The second-order valence-electron chi connectivity index (χ2n) is 4.95. The van der Waals surface area contributed by atoms with E-state index in [-0.39, 0.29) is 5.91 Å². The number of benzene rings is 2. The Bertz CT molecular complexity index is 603. The molecule has 0 saturated heterocycles. The number of aryl methyl sites for hydroxylation is 2. The van der Waals surface area contributed by atoms with Crippen molar-refractivity contribution in [3.63, 3.8) is 0 Å². The highest BCUT2D eigenvalue weighted by molar-refractivity contribution is 5.93. The predicted octanol–water partition coefficient (Wildman–Crippen LogP) is 3.28. The Kier molecular flexibility index (Phi) is 4.41. The maximum Gasteiger partial charge on any atom is 0.251 e. The molecule has 0 aromatic heterocycles. The van der Waals surface area contributed by atoms with Crippen LogP contribution in [0.15, 0.2) is 42.5 Å². The SMILES string of the molecule is CNC(=O)c1ccc(CNc2cc(C)ccc2C)cc1. The van der Waals surface area contributed by atoms with E-state index in [9.17, 15) is 4.79 Å². The van der Waals surface area contributed by atoms with Crippen LogP contribution in [0.2, 0.25) is 0 Å². The molecule has 104 valence electrons. The number of rotatable bonds is 4. The van der Waals surface area contributed by atoms with Gasteiger partial charge in [0.15, 0.2) is 0 Å². The van der Waals surface area contributed by atoms with Crippen molar-refractivity contribution in [2.45, 2.75) is 20.4 Å². The Morgan fingerprint density at radius 1 is 1.05 bits per heavy atom. The van der Waals surface area contributed by atoms with Crippen LogP contribution in [-0.4, -0.2) is 13.0 Å². The van der Waals surface area contributed by atoms with Gasteiger partial charge in [0, 0.05) is 24.8 Å². The van der Waals surface area contributed by atoms with Crippen LogP contribution in [0.4, 0.5) is 5.69 Å². The third kappa shape index (κ3) is 3.38. The summed E-state index contributed by atoms with van der Waals surface area (Å²) in [6, 6.07) is 14.0. The minimum atomic E-state index is -0.0564. The van der Waals surface area contributed by atoms with Gasteiger partial charge in [0.05, 0.1) is 0 Å². The Hall–Kier alpha value is -2.29. The topological polar surface area (TPSA) is 41.1 Å². The van der Waals surface area contributed by atoms with E-state index in [0.29, 0.717) is 5.56 Å². The normalized spacial score (nSPS) is 10.2. The van der Waals surface area contributed by atoms with Crippen molar-refractivity contribution in [3.05, 3.63) is 64.7 Å². The van der Waals surface area contributed by atoms with Crippen LogP contribution >= 0.6 is 0 Å². The lowest BCUT2D eigenvalue weighted by Gasteiger charge is -2.11. The molecule has 0 aliphatic carbocycles. The van der Waals surface area contributed by atoms with E-state index < -0.39 is 0 Å². The van der Waals surface area contributed by atoms with Crippen LogP contribution in [0.5, 0.6) is 0 Å². The summed E-state index contributed by atoms with van der Waals surface area (Å²) in [5, 5.41) is 6.05. The summed E-state index contributed by atoms with van der Waals surface area (Å²) in [6.45, 7) is 4.93. The molecule has 2 aromatic rings. The number of hydrogen-bond donors (Lipinski definition) is 2. The van der Waals surface area contributed by atoms with Gasteiger partial charge in [-0.2, -0.15) is 0 Å². The Balaban J connectivity index is 2.04. The number of hydrogen-bond acceptors (Lipinski definition) is 2. The van der Waals surface area contributed by atoms with Gasteiger partial charge in [0.2, 0.25) is 0 Å². The second kappa shape index (κ2) is 6.24. The highest BCUT2D eigenvalue weighted by Gasteiger charge is 2.03. The molecule has 0 fully saturated rings. The van der Waals surface area contributed by atoms with Crippen LogP contribution < -0.4 is 10.6 Å². The lowest BCUT2D eigenvalue weighted by Crippen LogP contribution is -2.17. The van der Waals surface area contributed by atoms with E-state index in [1.165, 1.54) is 11.1 Å². The fraction of sp³-hybridized carbons (Fsp3) is 0.235. The number of carbonyl (C=O) groups excluding carboxylic acids is 1. The van der Waals surface area contributed by atoms with Crippen LogP contribution in [-0.2, 0) is 6.54 Å². The third-order valence-corrected chi connectivity index (χ3v) is 3.32. The first-order valence-corrected chi connectivity index (χ1v) is 6.72. The standard InChI is InChI=1S/C17H20N2O/c1-12-4-5-13(2)16(10-12)19-11-14-6-8-15(9-7-14)17(20)18-3/h4-10,19H,11H2,1-3H3,(H,18,20). The van der Waals surface area contributed by atoms with E-state index in [2.05, 4.69) is 42.7 Å². The lowest BCUT2D eigenvalue weighted by molar-refractivity contribution is 0.0963. The second-order valence-corrected chi connectivity index (χ2v) is 4.95. The zero-order valence-electron chi connectivity index (χ0n) is 12.2. The highest BCUT2D eigenvalue weighted by Crippen LogP contribution is 2.17. The molecule has 2 rings (SSSR count). The molecule has 3 heteroatoms. The summed E-state index contributed by atoms with van der Waals surface area (Å²) < 4.78 is 0. The highest BCUT2D eigenvalue weighted by atomic mass is 16.1. The van der Waals surface area contributed by atoms with Gasteiger partial charge in [0.1, 0.15) is 0 Å². The van der Waals surface area contributed by atoms with Gasteiger partial charge in [-0.3, -0.25) is 4.79 Å². The minimum absolute atomic E-state index is 0.0564. The molecule has 0 heterocycles. The molecule has 0 aliphatic heterocycles. The Morgan fingerprint density at radius 2 is 1.75 bits per heavy atom. The molecule has 1 amide bonds. The zero-order chi connectivity index (χ0) is 14.5. The lowest BCUT2D eigenvalue weighted by atomic mass is 10.1. The average molecular weight is 268 g/mol. The van der Waals surface area contributed by atoms with Gasteiger partial charge in [0.25, 0.3) is 5.91 Å². The van der Waals surface area contributed by atoms with Crippen LogP contribution in [0.3, 0.4) is 0 Å². The molecule has 0 radical (unpaired) electrons. The maximum absolute atomic E-state index is 11.5. The van der Waals surface area contributed by atoms with E-state index in [1.807, 2.05) is 24.3 Å². The van der Waals surface area contributed by atoms with Gasteiger partial charge in [-0.25, -0.2) is 0 Å². The van der Waals surface area contributed by atoms with Crippen LogP contribution in [0.25, 0.3) is 0 Å². The number of nitrogens with one attached hydrogen (secondary N) is 2. The first-order chi connectivity index (χ1) is 9.60. The molecular weight excluding hydrogens is 248 g/mol. The quantitative estimate of drug-likeness (QED) is 0.893. The average Bonchev–Trinajstić information content (AvgIpc) is 2.48. The molecule has 0 bridgehead atoms. The van der Waals surface area contributed by atoms with Crippen molar-refractivity contribution in [2.24, 2.45) is 0 Å². The fourth-order valence-electron chi connectivity index (χ4n) is 2.04. The zero-order valence-corrected chi connectivity index (χ0v) is 12.2. The molecule has 0 aliphatic rings. The van der Waals surface area contributed by atoms with Crippen molar-refractivity contribution in [3.8, 4) is 0 Å². The molecule has 20 heavy (non-hydrogen) atoms. The van der Waals surface area contributed by atoms with Gasteiger partial charge in [-0.05, 0) is 48.7 Å². The van der Waals surface area contributed by atoms with Crippen molar-refractivity contribution < 1.29 is 4.79 Å². The summed E-state index contributed by atoms with van der Waals surface area (Å²) in [4.78, 5) is 11.5. The fourth-order valence-corrected chi connectivity index (χ4v) is 2.04. The van der Waals surface area contributed by atoms with Gasteiger partial charge >= 0.3 is 0 Å². The molecule has 0 unspecified atom stereocenters. The summed E-state index contributed by atoms with van der Waals surface area (Å²) in [5.74, 6) is -0.0564. The smallest absolute Gasteiger partial charge is 0.251 e. The van der Waals surface area contributed by atoms with Gasteiger partial charge in [-0.1, -0.05) is 24.3 Å². The van der Waals surface area contributed by atoms with E-state index in [1.54, 1.807) is 7.05 Å². The minimum Gasteiger partial charge on any atom is -0.381 e. The first-order valence-electron chi connectivity index (χ1n) is 6.72. The molecule has 2 aromatic carbocycles. The summed E-state index contributed by atoms with van der Waals surface area (Å²) in [6.07, 6.45) is 0. The molecular formula is C17H20N2O. The van der Waals surface area contributed by atoms with Crippen molar-refractivity contribution in [2.75, 3.05) is 12.4 Å². The molecule has 3 nitrogen and oxygen atoms in total. The summed E-state index contributed by atoms with van der Waals surface area (Å²) >= 11 is 0. The van der Waals surface area contributed by atoms with Crippen LogP contribution in [0.1, 0.15) is 27.0 Å². The largest absolute Gasteiger partial charge is 0.381 e. The summed E-state index contributed by atoms with van der Waals surface area (Å²) in [5.41, 5.74) is 5.47. The van der Waals surface area contributed by atoms with E-state index in [4.69, 9.17) is 0 Å². The van der Waals surface area contributed by atoms with Crippen molar-refractivity contribution in [1.82, 2.24) is 5.32 Å². The first kappa shape index (κ1) is 14.1. The predicted molar refractivity (Wildman–Crippen MR) is 83.1 cm³/mol. The van der Waals surface area contributed by atoms with E-state index >= 15 is 0 Å². The summed E-state index contributed by atoms with van der Waals surface area (Å²) in [7, 11) is 1.64. The molecule has 0 saturated carbocycles.